The summed E-state index contributed by atoms with van der Waals surface area (Å²) in [5.41, 5.74) is 5.69. The lowest BCUT2D eigenvalue weighted by Crippen LogP contribution is -2.50. The zero-order valence-corrected chi connectivity index (χ0v) is 19.1. The van der Waals surface area contributed by atoms with E-state index in [1.54, 1.807) is 6.26 Å². The standard InChI is InChI=1S/C29H30N2O2/c1-2-22-13-14-27-26(19-22)25(21-33-27)20-28(32)30-15-17-31(18-16-30)29(23-9-5-3-6-10-23)24-11-7-4-8-12-24/h3-14,19,21,29H,2,15-18,20H2,1H3. The van der Waals surface area contributed by atoms with E-state index in [2.05, 4.69) is 84.6 Å². The van der Waals surface area contributed by atoms with Crippen LogP contribution in [0.4, 0.5) is 0 Å². The van der Waals surface area contributed by atoms with E-state index in [1.807, 2.05) is 11.0 Å². The van der Waals surface area contributed by atoms with Crippen LogP contribution in [0, 0.1) is 0 Å². The molecule has 0 unspecified atom stereocenters. The van der Waals surface area contributed by atoms with Crippen LogP contribution < -0.4 is 0 Å². The van der Waals surface area contributed by atoms with E-state index < -0.39 is 0 Å². The van der Waals surface area contributed by atoms with Crippen molar-refractivity contribution in [1.29, 1.82) is 0 Å². The minimum absolute atomic E-state index is 0.176. The number of hydrogen-bond donors (Lipinski definition) is 0. The Morgan fingerprint density at radius 2 is 1.52 bits per heavy atom. The predicted molar refractivity (Wildman–Crippen MR) is 132 cm³/mol. The Hall–Kier alpha value is -3.37. The van der Waals surface area contributed by atoms with Gasteiger partial charge >= 0.3 is 0 Å². The maximum atomic E-state index is 13.1. The minimum atomic E-state index is 0.176. The smallest absolute Gasteiger partial charge is 0.227 e. The number of carbonyl (C=O) groups excluding carboxylic acids is 1. The Morgan fingerprint density at radius 1 is 0.879 bits per heavy atom. The van der Waals surface area contributed by atoms with Crippen LogP contribution in [-0.4, -0.2) is 41.9 Å². The highest BCUT2D eigenvalue weighted by Gasteiger charge is 2.28. The SMILES string of the molecule is CCc1ccc2occ(CC(=O)N3CCN(C(c4ccccc4)c4ccccc4)CC3)c2c1. The number of aryl methyl sites for hydroxylation is 1. The van der Waals surface area contributed by atoms with Crippen LogP contribution in [0.25, 0.3) is 11.0 Å². The molecule has 168 valence electrons. The molecule has 5 rings (SSSR count). The van der Waals surface area contributed by atoms with Crippen molar-refractivity contribution in [2.24, 2.45) is 0 Å². The first kappa shape index (κ1) is 21.5. The second-order valence-corrected chi connectivity index (χ2v) is 8.76. The zero-order chi connectivity index (χ0) is 22.6. The quantitative estimate of drug-likeness (QED) is 0.400. The van der Waals surface area contributed by atoms with E-state index in [0.717, 1.165) is 49.1 Å². The van der Waals surface area contributed by atoms with Gasteiger partial charge in [0.05, 0.1) is 18.7 Å². The van der Waals surface area contributed by atoms with Crippen molar-refractivity contribution in [3.63, 3.8) is 0 Å². The maximum Gasteiger partial charge on any atom is 0.227 e. The summed E-state index contributed by atoms with van der Waals surface area (Å²) in [5, 5.41) is 1.06. The fraction of sp³-hybridized carbons (Fsp3) is 0.276. The van der Waals surface area contributed by atoms with E-state index >= 15 is 0 Å². The molecule has 2 heterocycles. The number of piperazine rings is 1. The average molecular weight is 439 g/mol. The van der Waals surface area contributed by atoms with Gasteiger partial charge in [-0.3, -0.25) is 9.69 Å². The second kappa shape index (κ2) is 9.63. The lowest BCUT2D eigenvalue weighted by molar-refractivity contribution is -0.132. The molecule has 4 nitrogen and oxygen atoms in total. The van der Waals surface area contributed by atoms with Gasteiger partial charge in [0, 0.05) is 37.1 Å². The van der Waals surface area contributed by atoms with Crippen molar-refractivity contribution in [3.05, 3.63) is 107 Å². The molecular weight excluding hydrogens is 408 g/mol. The fourth-order valence-electron chi connectivity index (χ4n) is 4.87. The average Bonchev–Trinajstić information content (AvgIpc) is 3.27. The summed E-state index contributed by atoms with van der Waals surface area (Å²) in [5.74, 6) is 0.176. The largest absolute Gasteiger partial charge is 0.464 e. The summed E-state index contributed by atoms with van der Waals surface area (Å²) in [4.78, 5) is 17.6. The molecule has 1 aliphatic heterocycles. The minimum Gasteiger partial charge on any atom is -0.464 e. The Labute approximate surface area is 195 Å². The highest BCUT2D eigenvalue weighted by atomic mass is 16.3. The van der Waals surface area contributed by atoms with E-state index in [-0.39, 0.29) is 11.9 Å². The predicted octanol–water partition coefficient (Wildman–Crippen LogP) is 5.47. The number of nitrogens with zero attached hydrogens (tertiary/aromatic N) is 2. The molecule has 1 aliphatic rings. The summed E-state index contributed by atoms with van der Waals surface area (Å²) in [7, 11) is 0. The van der Waals surface area contributed by atoms with Crippen LogP contribution in [0.15, 0.2) is 89.5 Å². The Balaban J connectivity index is 1.28. The number of benzene rings is 3. The molecule has 0 saturated carbocycles. The first-order chi connectivity index (χ1) is 16.2. The number of rotatable bonds is 6. The molecule has 4 heteroatoms. The normalized spacial score (nSPS) is 14.8. The van der Waals surface area contributed by atoms with Gasteiger partial charge in [-0.2, -0.15) is 0 Å². The molecule has 0 bridgehead atoms. The number of furan rings is 1. The molecule has 33 heavy (non-hydrogen) atoms. The molecular formula is C29H30N2O2. The molecule has 0 aliphatic carbocycles. The maximum absolute atomic E-state index is 13.1. The monoisotopic (exact) mass is 438 g/mol. The van der Waals surface area contributed by atoms with Gasteiger partial charge in [-0.15, -0.1) is 0 Å². The number of carbonyl (C=O) groups is 1. The molecule has 4 aromatic rings. The van der Waals surface area contributed by atoms with Gasteiger partial charge in [0.15, 0.2) is 0 Å². The van der Waals surface area contributed by atoms with Gasteiger partial charge in [-0.1, -0.05) is 73.7 Å². The van der Waals surface area contributed by atoms with Crippen molar-refractivity contribution in [3.8, 4) is 0 Å². The van der Waals surface area contributed by atoms with E-state index in [1.165, 1.54) is 16.7 Å². The molecule has 0 spiro atoms. The number of amides is 1. The van der Waals surface area contributed by atoms with Gasteiger partial charge in [0.2, 0.25) is 5.91 Å². The van der Waals surface area contributed by atoms with Gasteiger partial charge in [-0.25, -0.2) is 0 Å². The van der Waals surface area contributed by atoms with Crippen LogP contribution in [0.2, 0.25) is 0 Å². The van der Waals surface area contributed by atoms with Crippen LogP contribution in [0.3, 0.4) is 0 Å². The van der Waals surface area contributed by atoms with Crippen LogP contribution in [-0.2, 0) is 17.6 Å². The number of fused-ring (bicyclic) bond motifs is 1. The van der Waals surface area contributed by atoms with Crippen molar-refractivity contribution in [2.45, 2.75) is 25.8 Å². The van der Waals surface area contributed by atoms with Crippen molar-refractivity contribution in [1.82, 2.24) is 9.80 Å². The molecule has 3 aromatic carbocycles. The lowest BCUT2D eigenvalue weighted by atomic mass is 9.96. The Kier molecular flexibility index (Phi) is 6.27. The van der Waals surface area contributed by atoms with Gasteiger partial charge in [-0.05, 0) is 35.2 Å². The van der Waals surface area contributed by atoms with E-state index in [9.17, 15) is 4.79 Å². The second-order valence-electron chi connectivity index (χ2n) is 8.76. The first-order valence-corrected chi connectivity index (χ1v) is 11.8. The molecule has 1 amide bonds. The summed E-state index contributed by atoms with van der Waals surface area (Å²) in [6.45, 7) is 5.33. The third-order valence-corrected chi connectivity index (χ3v) is 6.73. The topological polar surface area (TPSA) is 36.7 Å². The van der Waals surface area contributed by atoms with Crippen molar-refractivity contribution < 1.29 is 9.21 Å². The number of hydrogen-bond acceptors (Lipinski definition) is 3. The molecule has 1 fully saturated rings. The third kappa shape index (κ3) is 4.57. The summed E-state index contributed by atoms with van der Waals surface area (Å²) < 4.78 is 5.70. The molecule has 1 saturated heterocycles. The van der Waals surface area contributed by atoms with Gasteiger partial charge < -0.3 is 9.32 Å². The molecule has 1 aromatic heterocycles. The summed E-state index contributed by atoms with van der Waals surface area (Å²) in [6.07, 6.45) is 3.11. The summed E-state index contributed by atoms with van der Waals surface area (Å²) in [6, 6.07) is 27.8. The van der Waals surface area contributed by atoms with Crippen LogP contribution >= 0.6 is 0 Å². The Bertz CT molecular complexity index is 1170. The fourth-order valence-corrected chi connectivity index (χ4v) is 4.87. The van der Waals surface area contributed by atoms with E-state index in [4.69, 9.17) is 4.42 Å². The van der Waals surface area contributed by atoms with Crippen molar-refractivity contribution in [2.75, 3.05) is 26.2 Å². The summed E-state index contributed by atoms with van der Waals surface area (Å²) >= 11 is 0. The van der Waals surface area contributed by atoms with Crippen LogP contribution in [0.1, 0.15) is 35.2 Å². The molecule has 0 N–H and O–H groups in total. The highest BCUT2D eigenvalue weighted by Crippen LogP contribution is 2.30. The van der Waals surface area contributed by atoms with Gasteiger partial charge in [0.1, 0.15) is 5.58 Å². The van der Waals surface area contributed by atoms with Gasteiger partial charge in [0.25, 0.3) is 0 Å². The molecule has 0 atom stereocenters. The first-order valence-electron chi connectivity index (χ1n) is 11.8. The molecule has 0 radical (unpaired) electrons. The van der Waals surface area contributed by atoms with E-state index in [0.29, 0.717) is 6.42 Å². The van der Waals surface area contributed by atoms with Crippen molar-refractivity contribution >= 4 is 16.9 Å². The lowest BCUT2D eigenvalue weighted by Gasteiger charge is -2.39. The zero-order valence-electron chi connectivity index (χ0n) is 19.1. The Morgan fingerprint density at radius 3 is 2.12 bits per heavy atom. The van der Waals surface area contributed by atoms with Crippen LogP contribution in [0.5, 0.6) is 0 Å². The highest BCUT2D eigenvalue weighted by molar-refractivity contribution is 5.88. The third-order valence-electron chi connectivity index (χ3n) is 6.73.